The fourth-order valence-corrected chi connectivity index (χ4v) is 2.94. The maximum absolute atomic E-state index is 12.5. The molecule has 0 saturated carbocycles. The van der Waals surface area contributed by atoms with Crippen LogP contribution in [0.15, 0.2) is 18.3 Å². The number of carbonyl (C=O) groups is 1. The molecule has 2 aromatic rings. The van der Waals surface area contributed by atoms with Crippen LogP contribution in [-0.4, -0.2) is 22.8 Å². The van der Waals surface area contributed by atoms with Crippen molar-refractivity contribution in [3.05, 3.63) is 44.9 Å². The lowest BCUT2D eigenvalue weighted by molar-refractivity contribution is 0.0785. The fraction of sp³-hybridized carbons (Fsp3) is 0.333. The van der Waals surface area contributed by atoms with Gasteiger partial charge in [-0.3, -0.25) is 4.79 Å². The zero-order chi connectivity index (χ0) is 14.9. The number of aryl methyl sites for hydroxylation is 3. The van der Waals surface area contributed by atoms with Crippen LogP contribution in [0.2, 0.25) is 0 Å². The van der Waals surface area contributed by atoms with Crippen LogP contribution in [0.3, 0.4) is 0 Å². The van der Waals surface area contributed by atoms with E-state index in [1.807, 2.05) is 33.0 Å². The second kappa shape index (κ2) is 5.63. The lowest BCUT2D eigenvalue weighted by atomic mass is 10.0. The fourth-order valence-electron chi connectivity index (χ4n) is 2.09. The van der Waals surface area contributed by atoms with Gasteiger partial charge in [-0.1, -0.05) is 6.07 Å². The summed E-state index contributed by atoms with van der Waals surface area (Å²) in [5.41, 5.74) is 9.17. The van der Waals surface area contributed by atoms with Crippen LogP contribution in [0.4, 0.5) is 5.69 Å². The molecular formula is C15H19N3OS. The second-order valence-electron chi connectivity index (χ2n) is 5.03. The molecule has 0 unspecified atom stereocenters. The highest BCUT2D eigenvalue weighted by molar-refractivity contribution is 7.11. The van der Waals surface area contributed by atoms with E-state index < -0.39 is 0 Å². The number of aromatic nitrogens is 1. The van der Waals surface area contributed by atoms with Crippen molar-refractivity contribution >= 4 is 22.9 Å². The van der Waals surface area contributed by atoms with E-state index in [2.05, 4.69) is 4.98 Å². The minimum Gasteiger partial charge on any atom is -0.398 e. The lowest BCUT2D eigenvalue weighted by Gasteiger charge is -2.18. The average molecular weight is 289 g/mol. The largest absolute Gasteiger partial charge is 0.398 e. The molecule has 2 N–H and O–H groups in total. The van der Waals surface area contributed by atoms with Gasteiger partial charge in [-0.25, -0.2) is 4.98 Å². The Morgan fingerprint density at radius 3 is 2.60 bits per heavy atom. The van der Waals surface area contributed by atoms with Gasteiger partial charge in [-0.05, 0) is 38.0 Å². The Kier molecular flexibility index (Phi) is 4.09. The number of carbonyl (C=O) groups excluding carboxylic acids is 1. The van der Waals surface area contributed by atoms with Crippen LogP contribution in [-0.2, 0) is 6.54 Å². The summed E-state index contributed by atoms with van der Waals surface area (Å²) < 4.78 is 0. The summed E-state index contributed by atoms with van der Waals surface area (Å²) in [6.45, 7) is 6.41. The Hall–Kier alpha value is -1.88. The molecule has 0 atom stereocenters. The van der Waals surface area contributed by atoms with E-state index in [9.17, 15) is 4.79 Å². The number of nitrogens with two attached hydrogens (primary N) is 1. The third-order valence-electron chi connectivity index (χ3n) is 3.25. The molecular weight excluding hydrogens is 270 g/mol. The van der Waals surface area contributed by atoms with Crippen molar-refractivity contribution in [2.24, 2.45) is 0 Å². The van der Waals surface area contributed by atoms with Crippen LogP contribution < -0.4 is 5.73 Å². The highest BCUT2D eigenvalue weighted by Crippen LogP contribution is 2.20. The van der Waals surface area contributed by atoms with Crippen LogP contribution in [0.25, 0.3) is 0 Å². The number of hydrogen-bond donors (Lipinski definition) is 1. The molecule has 1 heterocycles. The van der Waals surface area contributed by atoms with Gasteiger partial charge in [0.2, 0.25) is 0 Å². The molecule has 0 aliphatic carbocycles. The summed E-state index contributed by atoms with van der Waals surface area (Å²) in [4.78, 5) is 19.5. The van der Waals surface area contributed by atoms with Crippen LogP contribution in [0.5, 0.6) is 0 Å². The Morgan fingerprint density at radius 2 is 2.00 bits per heavy atom. The molecule has 4 nitrogen and oxygen atoms in total. The minimum absolute atomic E-state index is 0.0137. The first-order valence-corrected chi connectivity index (χ1v) is 7.23. The van der Waals surface area contributed by atoms with E-state index >= 15 is 0 Å². The average Bonchev–Trinajstić information content (AvgIpc) is 2.78. The maximum Gasteiger partial charge on any atom is 0.254 e. The molecule has 0 spiro atoms. The number of amides is 1. The molecule has 5 heteroatoms. The monoisotopic (exact) mass is 289 g/mol. The third kappa shape index (κ3) is 2.99. The normalized spacial score (nSPS) is 10.6. The molecule has 20 heavy (non-hydrogen) atoms. The van der Waals surface area contributed by atoms with Crippen LogP contribution >= 0.6 is 11.3 Å². The number of nitrogens with zero attached hydrogens (tertiary/aromatic N) is 2. The second-order valence-corrected chi connectivity index (χ2v) is 6.35. The highest BCUT2D eigenvalue weighted by atomic mass is 32.1. The SMILES string of the molecule is Cc1ncc(CN(C)C(=O)c2cc(N)c(C)cc2C)s1. The van der Waals surface area contributed by atoms with E-state index in [1.165, 1.54) is 0 Å². The number of benzene rings is 1. The first-order valence-electron chi connectivity index (χ1n) is 6.42. The van der Waals surface area contributed by atoms with Crippen molar-refractivity contribution in [1.82, 2.24) is 9.88 Å². The molecule has 0 radical (unpaired) electrons. The van der Waals surface area contributed by atoms with Gasteiger partial charge in [-0.15, -0.1) is 11.3 Å². The van der Waals surface area contributed by atoms with Gasteiger partial charge in [-0.2, -0.15) is 0 Å². The maximum atomic E-state index is 12.5. The van der Waals surface area contributed by atoms with Crippen molar-refractivity contribution in [3.8, 4) is 0 Å². The van der Waals surface area contributed by atoms with E-state index in [1.54, 1.807) is 29.4 Å². The standard InChI is InChI=1S/C15H19N3OS/c1-9-5-10(2)14(16)6-13(9)15(19)18(4)8-12-7-17-11(3)20-12/h5-7H,8,16H2,1-4H3. The minimum atomic E-state index is -0.0137. The van der Waals surface area contributed by atoms with Gasteiger partial charge in [0.15, 0.2) is 0 Å². The topological polar surface area (TPSA) is 59.2 Å². The predicted octanol–water partition coefficient (Wildman–Crippen LogP) is 2.92. The molecule has 0 bridgehead atoms. The Morgan fingerprint density at radius 1 is 1.30 bits per heavy atom. The zero-order valence-corrected chi connectivity index (χ0v) is 13.0. The molecule has 1 aromatic heterocycles. The molecule has 0 aliphatic heterocycles. The van der Waals surface area contributed by atoms with Crippen molar-refractivity contribution in [3.63, 3.8) is 0 Å². The van der Waals surface area contributed by atoms with Gasteiger partial charge >= 0.3 is 0 Å². The Balaban J connectivity index is 2.20. The number of hydrogen-bond acceptors (Lipinski definition) is 4. The lowest BCUT2D eigenvalue weighted by Crippen LogP contribution is -2.26. The summed E-state index contributed by atoms with van der Waals surface area (Å²) >= 11 is 1.61. The summed E-state index contributed by atoms with van der Waals surface area (Å²) in [7, 11) is 1.80. The smallest absolute Gasteiger partial charge is 0.254 e. The number of rotatable bonds is 3. The molecule has 0 fully saturated rings. The van der Waals surface area contributed by atoms with Crippen LogP contribution in [0, 0.1) is 20.8 Å². The van der Waals surface area contributed by atoms with Crippen molar-refractivity contribution in [2.45, 2.75) is 27.3 Å². The Bertz CT molecular complexity index is 649. The van der Waals surface area contributed by atoms with Gasteiger partial charge in [0.05, 0.1) is 11.6 Å². The van der Waals surface area contributed by atoms with E-state index in [0.717, 1.165) is 21.0 Å². The molecule has 0 aliphatic rings. The van der Waals surface area contributed by atoms with Gasteiger partial charge in [0.25, 0.3) is 5.91 Å². The molecule has 1 amide bonds. The van der Waals surface area contributed by atoms with Crippen molar-refractivity contribution < 1.29 is 4.79 Å². The summed E-state index contributed by atoms with van der Waals surface area (Å²) in [6.07, 6.45) is 1.82. The Labute approximate surface area is 123 Å². The van der Waals surface area contributed by atoms with E-state index in [0.29, 0.717) is 17.8 Å². The van der Waals surface area contributed by atoms with Crippen molar-refractivity contribution in [2.75, 3.05) is 12.8 Å². The van der Waals surface area contributed by atoms with Crippen molar-refractivity contribution in [1.29, 1.82) is 0 Å². The summed E-state index contributed by atoms with van der Waals surface area (Å²) in [6, 6.07) is 3.72. The number of thiazole rings is 1. The summed E-state index contributed by atoms with van der Waals surface area (Å²) in [5, 5.41) is 1.01. The first-order chi connectivity index (χ1) is 9.38. The molecule has 1 aromatic carbocycles. The molecule has 2 rings (SSSR count). The number of anilines is 1. The zero-order valence-electron chi connectivity index (χ0n) is 12.2. The van der Waals surface area contributed by atoms with E-state index in [-0.39, 0.29) is 5.91 Å². The summed E-state index contributed by atoms with van der Waals surface area (Å²) in [5.74, 6) is -0.0137. The van der Waals surface area contributed by atoms with Gasteiger partial charge < -0.3 is 10.6 Å². The third-order valence-corrected chi connectivity index (χ3v) is 4.15. The number of nitrogen functional groups attached to an aromatic ring is 1. The quantitative estimate of drug-likeness (QED) is 0.884. The molecule has 0 saturated heterocycles. The van der Waals surface area contributed by atoms with E-state index in [4.69, 9.17) is 5.73 Å². The molecule has 106 valence electrons. The highest BCUT2D eigenvalue weighted by Gasteiger charge is 2.16. The van der Waals surface area contributed by atoms with Gasteiger partial charge in [0, 0.05) is 29.4 Å². The first kappa shape index (κ1) is 14.5. The van der Waals surface area contributed by atoms with Gasteiger partial charge in [0.1, 0.15) is 0 Å². The predicted molar refractivity (Wildman–Crippen MR) is 83.0 cm³/mol. The van der Waals surface area contributed by atoms with Crippen LogP contribution in [0.1, 0.15) is 31.4 Å².